The van der Waals surface area contributed by atoms with Gasteiger partial charge >= 0.3 is 5.97 Å². The van der Waals surface area contributed by atoms with Gasteiger partial charge in [-0.3, -0.25) is 9.69 Å². The average molecular weight is 298 g/mol. The van der Waals surface area contributed by atoms with Crippen molar-refractivity contribution >= 4 is 21.9 Å². The lowest BCUT2D eigenvalue weighted by molar-refractivity contribution is -0.141. The van der Waals surface area contributed by atoms with Crippen LogP contribution >= 0.6 is 15.9 Å². The average Bonchev–Trinajstić information content (AvgIpc) is 2.71. The SMILES string of the molecule is Cc1cc(Br)ccc1CN1CCC(C(=O)O)C1. The van der Waals surface area contributed by atoms with Crippen LogP contribution < -0.4 is 0 Å². The van der Waals surface area contributed by atoms with E-state index in [1.165, 1.54) is 11.1 Å². The van der Waals surface area contributed by atoms with Crippen LogP contribution in [0, 0.1) is 12.8 Å². The van der Waals surface area contributed by atoms with Crippen molar-refractivity contribution in [2.45, 2.75) is 19.9 Å². The van der Waals surface area contributed by atoms with Crippen molar-refractivity contribution in [3.63, 3.8) is 0 Å². The molecule has 0 spiro atoms. The standard InChI is InChI=1S/C13H16BrNO2/c1-9-6-12(14)3-2-10(9)7-15-5-4-11(8-15)13(16)17/h2-3,6,11H,4-5,7-8H2,1H3,(H,16,17). The van der Waals surface area contributed by atoms with Crippen LogP contribution in [-0.2, 0) is 11.3 Å². The predicted octanol–water partition coefficient (Wildman–Crippen LogP) is 2.66. The van der Waals surface area contributed by atoms with Gasteiger partial charge < -0.3 is 5.11 Å². The van der Waals surface area contributed by atoms with Crippen LogP contribution in [0.3, 0.4) is 0 Å². The number of aliphatic carboxylic acids is 1. The molecular weight excluding hydrogens is 282 g/mol. The maximum Gasteiger partial charge on any atom is 0.307 e. The van der Waals surface area contributed by atoms with Crippen LogP contribution in [0.15, 0.2) is 22.7 Å². The molecule has 1 saturated heterocycles. The summed E-state index contributed by atoms with van der Waals surface area (Å²) < 4.78 is 1.09. The third-order valence-electron chi connectivity index (χ3n) is 3.32. The summed E-state index contributed by atoms with van der Waals surface area (Å²) in [6.45, 7) is 4.49. The molecule has 1 unspecified atom stereocenters. The van der Waals surface area contributed by atoms with E-state index >= 15 is 0 Å². The zero-order valence-electron chi connectivity index (χ0n) is 9.82. The van der Waals surface area contributed by atoms with Crippen LogP contribution in [0.2, 0.25) is 0 Å². The summed E-state index contributed by atoms with van der Waals surface area (Å²) in [5, 5.41) is 8.96. The molecule has 3 nitrogen and oxygen atoms in total. The van der Waals surface area contributed by atoms with Crippen molar-refractivity contribution in [2.24, 2.45) is 5.92 Å². The van der Waals surface area contributed by atoms with Crippen molar-refractivity contribution in [1.82, 2.24) is 4.90 Å². The Kier molecular flexibility index (Phi) is 3.84. The molecule has 1 atom stereocenters. The molecular formula is C13H16BrNO2. The summed E-state index contributed by atoms with van der Waals surface area (Å²) in [6.07, 6.45) is 0.769. The van der Waals surface area contributed by atoms with E-state index in [1.54, 1.807) is 0 Å². The van der Waals surface area contributed by atoms with E-state index in [0.717, 1.165) is 24.0 Å². The Morgan fingerprint density at radius 2 is 2.35 bits per heavy atom. The minimum Gasteiger partial charge on any atom is -0.481 e. The van der Waals surface area contributed by atoms with Crippen LogP contribution in [0.5, 0.6) is 0 Å². The molecule has 0 bridgehead atoms. The largest absolute Gasteiger partial charge is 0.481 e. The molecule has 1 N–H and O–H groups in total. The molecule has 0 radical (unpaired) electrons. The van der Waals surface area contributed by atoms with Crippen molar-refractivity contribution in [3.05, 3.63) is 33.8 Å². The molecule has 2 rings (SSSR count). The Labute approximate surface area is 110 Å². The van der Waals surface area contributed by atoms with Gasteiger partial charge in [0.2, 0.25) is 0 Å². The summed E-state index contributed by atoms with van der Waals surface area (Å²) >= 11 is 3.45. The lowest BCUT2D eigenvalue weighted by atomic mass is 10.1. The van der Waals surface area contributed by atoms with Gasteiger partial charge in [-0.25, -0.2) is 0 Å². The Balaban J connectivity index is 2.00. The second-order valence-electron chi connectivity index (χ2n) is 4.63. The van der Waals surface area contributed by atoms with Gasteiger partial charge in [0.15, 0.2) is 0 Å². The number of hydrogen-bond donors (Lipinski definition) is 1. The fourth-order valence-electron chi connectivity index (χ4n) is 2.26. The normalized spacial score (nSPS) is 20.7. The van der Waals surface area contributed by atoms with Crippen LogP contribution in [0.25, 0.3) is 0 Å². The Bertz CT molecular complexity index is 433. The first-order chi connectivity index (χ1) is 8.06. The van der Waals surface area contributed by atoms with Crippen LogP contribution in [0.4, 0.5) is 0 Å². The highest BCUT2D eigenvalue weighted by atomic mass is 79.9. The molecule has 0 aliphatic carbocycles. The molecule has 0 aromatic heterocycles. The molecule has 17 heavy (non-hydrogen) atoms. The first-order valence-electron chi connectivity index (χ1n) is 5.76. The number of nitrogens with zero attached hydrogens (tertiary/aromatic N) is 1. The Hall–Kier alpha value is -0.870. The zero-order chi connectivity index (χ0) is 12.4. The van der Waals surface area contributed by atoms with Gasteiger partial charge in [0.05, 0.1) is 5.92 Å². The topological polar surface area (TPSA) is 40.5 Å². The van der Waals surface area contributed by atoms with Gasteiger partial charge in [-0.15, -0.1) is 0 Å². The summed E-state index contributed by atoms with van der Waals surface area (Å²) in [4.78, 5) is 13.1. The molecule has 1 aliphatic heterocycles. The summed E-state index contributed by atoms with van der Waals surface area (Å²) in [7, 11) is 0. The third-order valence-corrected chi connectivity index (χ3v) is 3.81. The number of carbonyl (C=O) groups is 1. The third kappa shape index (κ3) is 3.07. The van der Waals surface area contributed by atoms with E-state index in [0.29, 0.717) is 6.54 Å². The number of halogens is 1. The van der Waals surface area contributed by atoms with Crippen molar-refractivity contribution in [1.29, 1.82) is 0 Å². The summed E-state index contributed by atoms with van der Waals surface area (Å²) in [6, 6.07) is 6.24. The van der Waals surface area contributed by atoms with Gasteiger partial charge in [-0.05, 0) is 43.1 Å². The maximum atomic E-state index is 10.9. The van der Waals surface area contributed by atoms with E-state index in [2.05, 4.69) is 39.9 Å². The lowest BCUT2D eigenvalue weighted by Crippen LogP contribution is -2.23. The molecule has 92 valence electrons. The van der Waals surface area contributed by atoms with E-state index in [-0.39, 0.29) is 5.92 Å². The number of rotatable bonds is 3. The maximum absolute atomic E-state index is 10.9. The minimum absolute atomic E-state index is 0.189. The number of benzene rings is 1. The highest BCUT2D eigenvalue weighted by Gasteiger charge is 2.27. The van der Waals surface area contributed by atoms with E-state index in [1.807, 2.05) is 6.07 Å². The fourth-order valence-corrected chi connectivity index (χ4v) is 2.73. The smallest absolute Gasteiger partial charge is 0.307 e. The minimum atomic E-state index is -0.667. The molecule has 0 saturated carbocycles. The molecule has 1 aromatic rings. The first kappa shape index (κ1) is 12.6. The molecule has 1 aromatic carbocycles. The number of likely N-dealkylation sites (tertiary alicyclic amines) is 1. The van der Waals surface area contributed by atoms with E-state index < -0.39 is 5.97 Å². The van der Waals surface area contributed by atoms with Gasteiger partial charge in [-0.2, -0.15) is 0 Å². The van der Waals surface area contributed by atoms with Gasteiger partial charge in [0.1, 0.15) is 0 Å². The first-order valence-corrected chi connectivity index (χ1v) is 6.56. The number of aryl methyl sites for hydroxylation is 1. The molecule has 4 heteroatoms. The predicted molar refractivity (Wildman–Crippen MR) is 69.9 cm³/mol. The zero-order valence-corrected chi connectivity index (χ0v) is 11.4. The summed E-state index contributed by atoms with van der Waals surface area (Å²) in [5.41, 5.74) is 2.53. The lowest BCUT2D eigenvalue weighted by Gasteiger charge is -2.16. The Morgan fingerprint density at radius 3 is 2.94 bits per heavy atom. The molecule has 1 heterocycles. The van der Waals surface area contributed by atoms with Crippen LogP contribution in [-0.4, -0.2) is 29.1 Å². The van der Waals surface area contributed by atoms with Gasteiger partial charge in [-0.1, -0.05) is 22.0 Å². The van der Waals surface area contributed by atoms with E-state index in [4.69, 9.17) is 5.11 Å². The molecule has 1 fully saturated rings. The Morgan fingerprint density at radius 1 is 1.59 bits per heavy atom. The van der Waals surface area contributed by atoms with Crippen LogP contribution in [0.1, 0.15) is 17.5 Å². The van der Waals surface area contributed by atoms with E-state index in [9.17, 15) is 4.79 Å². The van der Waals surface area contributed by atoms with Crippen molar-refractivity contribution in [2.75, 3.05) is 13.1 Å². The monoisotopic (exact) mass is 297 g/mol. The van der Waals surface area contributed by atoms with Crippen molar-refractivity contribution < 1.29 is 9.90 Å². The number of carboxylic acid groups (broad SMARTS) is 1. The summed E-state index contributed by atoms with van der Waals surface area (Å²) in [5.74, 6) is -0.856. The fraction of sp³-hybridized carbons (Fsp3) is 0.462. The second-order valence-corrected chi connectivity index (χ2v) is 5.55. The van der Waals surface area contributed by atoms with Gasteiger partial charge in [0.25, 0.3) is 0 Å². The highest BCUT2D eigenvalue weighted by molar-refractivity contribution is 9.10. The molecule has 0 amide bonds. The van der Waals surface area contributed by atoms with Crippen molar-refractivity contribution in [3.8, 4) is 0 Å². The quantitative estimate of drug-likeness (QED) is 0.932. The van der Waals surface area contributed by atoms with Gasteiger partial charge in [0, 0.05) is 17.6 Å². The number of hydrogen-bond acceptors (Lipinski definition) is 2. The number of carboxylic acids is 1. The second kappa shape index (κ2) is 5.19. The molecule has 1 aliphatic rings. The highest BCUT2D eigenvalue weighted by Crippen LogP contribution is 2.22.